The third kappa shape index (κ3) is 1.74. The number of morpholine rings is 1. The summed E-state index contributed by atoms with van der Waals surface area (Å²) < 4.78 is 5.54. The molecule has 0 amide bonds. The van der Waals surface area contributed by atoms with Gasteiger partial charge in [-0.05, 0) is 31.6 Å². The van der Waals surface area contributed by atoms with Gasteiger partial charge in [0.15, 0.2) is 0 Å². The Kier molecular flexibility index (Phi) is 3.24. The second kappa shape index (κ2) is 4.93. The van der Waals surface area contributed by atoms with Crippen molar-refractivity contribution in [2.75, 3.05) is 26.3 Å². The van der Waals surface area contributed by atoms with E-state index in [1.807, 2.05) is 0 Å². The largest absolute Gasteiger partial charge is 0.411 e. The first-order chi connectivity index (χ1) is 10.6. The van der Waals surface area contributed by atoms with Crippen molar-refractivity contribution in [1.82, 2.24) is 4.90 Å². The zero-order valence-corrected chi connectivity index (χ0v) is 13.2. The van der Waals surface area contributed by atoms with Crippen molar-refractivity contribution in [3.8, 4) is 0 Å². The molecule has 0 aromatic carbocycles. The van der Waals surface area contributed by atoms with Crippen LogP contribution in [-0.2, 0) is 4.74 Å². The van der Waals surface area contributed by atoms with Gasteiger partial charge < -0.3 is 15.2 Å². The zero-order valence-electron chi connectivity index (χ0n) is 13.2. The van der Waals surface area contributed by atoms with E-state index in [2.05, 4.69) is 22.1 Å². The molecule has 122 valence electrons. The van der Waals surface area contributed by atoms with Crippen LogP contribution >= 0.6 is 0 Å². The molecular weight excluding hydrogens is 282 g/mol. The number of hydrogen-bond acceptors (Lipinski definition) is 6. The lowest BCUT2D eigenvalue weighted by Crippen LogP contribution is -2.73. The molecule has 0 spiro atoms. The fourth-order valence-electron chi connectivity index (χ4n) is 5.80. The highest BCUT2D eigenvalue weighted by atomic mass is 16.5. The van der Waals surface area contributed by atoms with Crippen LogP contribution in [0, 0.1) is 17.3 Å². The van der Waals surface area contributed by atoms with Gasteiger partial charge >= 0.3 is 0 Å². The molecule has 4 atom stereocenters. The Morgan fingerprint density at radius 1 is 1.18 bits per heavy atom. The Morgan fingerprint density at radius 2 is 1.95 bits per heavy atom. The standard InChI is InChI=1S/C16H25N3O3/c1-15-8-11-2-3-13(17-20)12(9-15)16(11,10-14(15)18-21)19-4-6-22-7-5-19/h11-12,20-21H,2-10H2,1H3/b17-13+,18-14-. The van der Waals surface area contributed by atoms with Gasteiger partial charge in [0, 0.05) is 36.4 Å². The molecule has 0 aromatic heterocycles. The number of rotatable bonds is 1. The minimum Gasteiger partial charge on any atom is -0.411 e. The van der Waals surface area contributed by atoms with Gasteiger partial charge in [-0.2, -0.15) is 0 Å². The highest BCUT2D eigenvalue weighted by Crippen LogP contribution is 2.62. The first-order valence-electron chi connectivity index (χ1n) is 8.39. The number of hydrogen-bond donors (Lipinski definition) is 2. The minimum atomic E-state index is -0.0471. The lowest BCUT2D eigenvalue weighted by molar-refractivity contribution is -0.111. The summed E-state index contributed by atoms with van der Waals surface area (Å²) in [7, 11) is 0. The second-order valence-electron chi connectivity index (χ2n) is 7.66. The quantitative estimate of drug-likeness (QED) is 0.573. The molecule has 5 fully saturated rings. The molecule has 1 saturated heterocycles. The first-order valence-corrected chi connectivity index (χ1v) is 8.39. The highest BCUT2D eigenvalue weighted by Gasteiger charge is 2.65. The average molecular weight is 307 g/mol. The molecule has 4 aliphatic carbocycles. The van der Waals surface area contributed by atoms with Gasteiger partial charge in [0.05, 0.1) is 24.6 Å². The van der Waals surface area contributed by atoms with Crippen molar-refractivity contribution in [3.05, 3.63) is 0 Å². The van der Waals surface area contributed by atoms with E-state index in [4.69, 9.17) is 4.74 Å². The Bertz CT molecular complexity index is 525. The maximum Gasteiger partial charge on any atom is 0.0648 e. The van der Waals surface area contributed by atoms with Crippen LogP contribution in [0.4, 0.5) is 0 Å². The molecule has 5 rings (SSSR count). The molecule has 0 radical (unpaired) electrons. The van der Waals surface area contributed by atoms with Gasteiger partial charge in [0.1, 0.15) is 0 Å². The van der Waals surface area contributed by atoms with Crippen molar-refractivity contribution in [2.24, 2.45) is 27.6 Å². The monoisotopic (exact) mass is 307 g/mol. The van der Waals surface area contributed by atoms with Gasteiger partial charge in [0.25, 0.3) is 0 Å². The van der Waals surface area contributed by atoms with Crippen LogP contribution in [0.2, 0.25) is 0 Å². The number of fused-ring (bicyclic) bond motifs is 1. The van der Waals surface area contributed by atoms with Crippen LogP contribution in [-0.4, -0.2) is 58.6 Å². The Morgan fingerprint density at radius 3 is 2.64 bits per heavy atom. The summed E-state index contributed by atoms with van der Waals surface area (Å²) in [5.74, 6) is 0.865. The predicted molar refractivity (Wildman–Crippen MR) is 81.7 cm³/mol. The SMILES string of the molecule is CC12CC3CC/C(=N\O)C(C1)C3(N1CCOCC1)C/C2=N/O. The molecule has 1 aliphatic heterocycles. The zero-order chi connectivity index (χ0) is 15.4. The van der Waals surface area contributed by atoms with E-state index < -0.39 is 0 Å². The summed E-state index contributed by atoms with van der Waals surface area (Å²) in [6.07, 6.45) is 4.79. The van der Waals surface area contributed by atoms with Gasteiger partial charge in [-0.3, -0.25) is 4.90 Å². The molecular formula is C16H25N3O3. The first kappa shape index (κ1) is 14.5. The second-order valence-corrected chi connectivity index (χ2v) is 7.66. The predicted octanol–water partition coefficient (Wildman–Crippen LogP) is 1.95. The van der Waals surface area contributed by atoms with Crippen LogP contribution in [0.25, 0.3) is 0 Å². The van der Waals surface area contributed by atoms with Crippen LogP contribution < -0.4 is 0 Å². The van der Waals surface area contributed by atoms with E-state index >= 15 is 0 Å². The van der Waals surface area contributed by atoms with E-state index in [-0.39, 0.29) is 16.9 Å². The Balaban J connectivity index is 1.81. The van der Waals surface area contributed by atoms with E-state index in [0.29, 0.717) is 5.92 Å². The van der Waals surface area contributed by atoms with Gasteiger partial charge in [-0.1, -0.05) is 17.2 Å². The van der Waals surface area contributed by atoms with Gasteiger partial charge in [-0.15, -0.1) is 0 Å². The summed E-state index contributed by atoms with van der Waals surface area (Å²) in [6, 6.07) is 0. The maximum atomic E-state index is 9.54. The molecule has 4 saturated carbocycles. The summed E-state index contributed by atoms with van der Waals surface area (Å²) in [4.78, 5) is 2.54. The Labute approximate surface area is 130 Å². The third-order valence-corrected chi connectivity index (χ3v) is 6.81. The third-order valence-electron chi connectivity index (χ3n) is 6.81. The van der Waals surface area contributed by atoms with Crippen molar-refractivity contribution < 1.29 is 15.2 Å². The van der Waals surface area contributed by atoms with Crippen molar-refractivity contribution >= 4 is 11.4 Å². The van der Waals surface area contributed by atoms with E-state index in [0.717, 1.165) is 69.8 Å². The van der Waals surface area contributed by atoms with Crippen molar-refractivity contribution in [3.63, 3.8) is 0 Å². The highest BCUT2D eigenvalue weighted by molar-refractivity contribution is 5.98. The van der Waals surface area contributed by atoms with Crippen molar-refractivity contribution in [2.45, 2.75) is 44.6 Å². The molecule has 6 heteroatoms. The smallest absolute Gasteiger partial charge is 0.0648 e. The fraction of sp³-hybridized carbons (Fsp3) is 0.875. The topological polar surface area (TPSA) is 77.7 Å². The summed E-state index contributed by atoms with van der Waals surface area (Å²) in [6.45, 7) is 5.57. The van der Waals surface area contributed by atoms with Crippen LogP contribution in [0.5, 0.6) is 0 Å². The summed E-state index contributed by atoms with van der Waals surface area (Å²) >= 11 is 0. The van der Waals surface area contributed by atoms with Crippen molar-refractivity contribution in [1.29, 1.82) is 0 Å². The molecule has 4 bridgehead atoms. The normalized spacial score (nSPS) is 49.0. The minimum absolute atomic E-state index is 0.0388. The lowest BCUT2D eigenvalue weighted by Gasteiger charge is -2.67. The molecule has 2 N–H and O–H groups in total. The van der Waals surface area contributed by atoms with Crippen LogP contribution in [0.1, 0.15) is 39.0 Å². The summed E-state index contributed by atoms with van der Waals surface area (Å²) in [5.41, 5.74) is 1.80. The number of nitrogens with zero attached hydrogens (tertiary/aromatic N) is 3. The molecule has 4 unspecified atom stereocenters. The van der Waals surface area contributed by atoms with Gasteiger partial charge in [0.2, 0.25) is 0 Å². The molecule has 5 aliphatic rings. The van der Waals surface area contributed by atoms with E-state index in [1.54, 1.807) is 0 Å². The maximum absolute atomic E-state index is 9.54. The van der Waals surface area contributed by atoms with Gasteiger partial charge in [-0.25, -0.2) is 0 Å². The molecule has 1 heterocycles. The van der Waals surface area contributed by atoms with Crippen LogP contribution in [0.15, 0.2) is 10.3 Å². The van der Waals surface area contributed by atoms with Crippen LogP contribution in [0.3, 0.4) is 0 Å². The van der Waals surface area contributed by atoms with E-state index in [1.165, 1.54) is 0 Å². The Hall–Kier alpha value is -1.14. The number of oxime groups is 2. The number of ether oxygens (including phenoxy) is 1. The average Bonchev–Trinajstić information content (AvgIpc) is 2.55. The lowest BCUT2D eigenvalue weighted by atomic mass is 9.44. The molecule has 22 heavy (non-hydrogen) atoms. The summed E-state index contributed by atoms with van der Waals surface area (Å²) in [5, 5.41) is 26.4. The molecule has 6 nitrogen and oxygen atoms in total. The van der Waals surface area contributed by atoms with E-state index in [9.17, 15) is 10.4 Å². The molecule has 0 aromatic rings. The fourth-order valence-corrected chi connectivity index (χ4v) is 5.80.